The molecule has 2 atom stereocenters. The van der Waals surface area contributed by atoms with Crippen LogP contribution in [0.4, 0.5) is 4.79 Å². The zero-order valence-corrected chi connectivity index (χ0v) is 13.4. The monoisotopic (exact) mass is 296 g/mol. The Bertz CT molecular complexity index is 404. The highest BCUT2D eigenvalue weighted by atomic mass is 16.4. The third kappa shape index (κ3) is 4.35. The highest BCUT2D eigenvalue weighted by Gasteiger charge is 2.40. The largest absolute Gasteiger partial charge is 0.481 e. The van der Waals surface area contributed by atoms with Crippen LogP contribution in [0.1, 0.15) is 52.9 Å². The van der Waals surface area contributed by atoms with E-state index in [9.17, 15) is 9.59 Å². The molecule has 0 aromatic rings. The normalized spacial score (nSPS) is 24.5. The zero-order valence-electron chi connectivity index (χ0n) is 13.4. The average molecular weight is 296 g/mol. The fourth-order valence-electron chi connectivity index (χ4n) is 3.36. The number of piperidine rings is 1. The lowest BCUT2D eigenvalue weighted by Crippen LogP contribution is -2.53. The molecule has 2 fully saturated rings. The van der Waals surface area contributed by atoms with Gasteiger partial charge in [-0.15, -0.1) is 0 Å². The number of urea groups is 1. The van der Waals surface area contributed by atoms with Gasteiger partial charge in [-0.1, -0.05) is 6.92 Å². The van der Waals surface area contributed by atoms with E-state index >= 15 is 0 Å². The van der Waals surface area contributed by atoms with E-state index in [1.54, 1.807) is 0 Å². The summed E-state index contributed by atoms with van der Waals surface area (Å²) in [5, 5.41) is 12.1. The maximum absolute atomic E-state index is 12.4. The van der Waals surface area contributed by atoms with E-state index in [1.807, 2.05) is 11.8 Å². The first-order valence-electron chi connectivity index (χ1n) is 8.08. The third-order valence-corrected chi connectivity index (χ3v) is 5.07. The number of hydrogen-bond donors (Lipinski definition) is 2. The van der Waals surface area contributed by atoms with Crippen molar-refractivity contribution in [3.05, 3.63) is 0 Å². The summed E-state index contributed by atoms with van der Waals surface area (Å²) in [6, 6.07) is 0.0131. The van der Waals surface area contributed by atoms with Crippen molar-refractivity contribution >= 4 is 12.0 Å². The summed E-state index contributed by atoms with van der Waals surface area (Å²) in [5.41, 5.74) is -0.128. The van der Waals surface area contributed by atoms with Gasteiger partial charge >= 0.3 is 12.0 Å². The molecule has 5 heteroatoms. The minimum absolute atomic E-state index is 0.0131. The van der Waals surface area contributed by atoms with E-state index < -0.39 is 5.97 Å². The van der Waals surface area contributed by atoms with Crippen LogP contribution in [0.3, 0.4) is 0 Å². The van der Waals surface area contributed by atoms with Crippen LogP contribution >= 0.6 is 0 Å². The van der Waals surface area contributed by atoms with Crippen molar-refractivity contribution in [2.45, 2.75) is 58.4 Å². The Balaban J connectivity index is 1.87. The second-order valence-electron chi connectivity index (χ2n) is 7.35. The summed E-state index contributed by atoms with van der Waals surface area (Å²) >= 11 is 0. The number of carboxylic acid groups (broad SMARTS) is 1. The first-order valence-corrected chi connectivity index (χ1v) is 8.08. The fraction of sp³-hybridized carbons (Fsp3) is 0.875. The highest BCUT2D eigenvalue weighted by Crippen LogP contribution is 2.39. The summed E-state index contributed by atoms with van der Waals surface area (Å²) in [6.07, 6.45) is 4.57. The lowest BCUT2D eigenvalue weighted by atomic mass is 9.85. The number of rotatable bonds is 5. The van der Waals surface area contributed by atoms with Gasteiger partial charge in [0.1, 0.15) is 0 Å². The molecule has 0 spiro atoms. The molecule has 5 nitrogen and oxygen atoms in total. The van der Waals surface area contributed by atoms with Crippen LogP contribution in [-0.4, -0.2) is 40.6 Å². The number of aliphatic carboxylic acids is 1. The zero-order chi connectivity index (χ0) is 15.6. The maximum Gasteiger partial charge on any atom is 0.317 e. The van der Waals surface area contributed by atoms with Crippen molar-refractivity contribution in [3.8, 4) is 0 Å². The molecule has 1 saturated carbocycles. The van der Waals surface area contributed by atoms with Gasteiger partial charge in [-0.05, 0) is 57.3 Å². The van der Waals surface area contributed by atoms with Crippen LogP contribution in [0.15, 0.2) is 0 Å². The Morgan fingerprint density at radius 2 is 2.00 bits per heavy atom. The molecule has 2 unspecified atom stereocenters. The minimum Gasteiger partial charge on any atom is -0.481 e. The SMILES string of the molecule is CC(CC(=O)O)C1CCCN(C(=O)NC(C)(C)C2CC2)C1. The molecule has 21 heavy (non-hydrogen) atoms. The van der Waals surface area contributed by atoms with Gasteiger partial charge in [0.15, 0.2) is 0 Å². The Hall–Kier alpha value is -1.26. The van der Waals surface area contributed by atoms with Crippen molar-refractivity contribution in [2.24, 2.45) is 17.8 Å². The highest BCUT2D eigenvalue weighted by molar-refractivity contribution is 5.75. The summed E-state index contributed by atoms with van der Waals surface area (Å²) < 4.78 is 0. The molecular formula is C16H28N2O3. The molecule has 0 aromatic carbocycles. The van der Waals surface area contributed by atoms with Crippen LogP contribution in [0.2, 0.25) is 0 Å². The van der Waals surface area contributed by atoms with E-state index in [-0.39, 0.29) is 23.9 Å². The van der Waals surface area contributed by atoms with E-state index in [0.29, 0.717) is 18.4 Å². The summed E-state index contributed by atoms with van der Waals surface area (Å²) in [4.78, 5) is 25.2. The van der Waals surface area contributed by atoms with E-state index in [0.717, 1.165) is 19.4 Å². The molecule has 2 amide bonds. The smallest absolute Gasteiger partial charge is 0.317 e. The predicted octanol–water partition coefficient (Wildman–Crippen LogP) is 2.71. The molecule has 1 saturated heterocycles. The average Bonchev–Trinajstić information content (AvgIpc) is 3.22. The number of likely N-dealkylation sites (tertiary alicyclic amines) is 1. The number of amides is 2. The Morgan fingerprint density at radius 3 is 2.57 bits per heavy atom. The van der Waals surface area contributed by atoms with E-state index in [2.05, 4.69) is 19.2 Å². The first-order chi connectivity index (χ1) is 9.79. The molecular weight excluding hydrogens is 268 g/mol. The Morgan fingerprint density at radius 1 is 1.33 bits per heavy atom. The molecule has 1 aliphatic heterocycles. The summed E-state index contributed by atoms with van der Waals surface area (Å²) in [7, 11) is 0. The van der Waals surface area contributed by atoms with Gasteiger partial charge < -0.3 is 15.3 Å². The molecule has 1 aliphatic carbocycles. The number of carbonyl (C=O) groups excluding carboxylic acids is 1. The van der Waals surface area contributed by atoms with Crippen molar-refractivity contribution in [1.82, 2.24) is 10.2 Å². The summed E-state index contributed by atoms with van der Waals surface area (Å²) in [6.45, 7) is 7.63. The molecule has 2 N–H and O–H groups in total. The number of nitrogens with zero attached hydrogens (tertiary/aromatic N) is 1. The van der Waals surface area contributed by atoms with Gasteiger partial charge in [0.25, 0.3) is 0 Å². The summed E-state index contributed by atoms with van der Waals surface area (Å²) in [5.74, 6) is 0.270. The van der Waals surface area contributed by atoms with Crippen LogP contribution in [0, 0.1) is 17.8 Å². The number of nitrogens with one attached hydrogen (secondary N) is 1. The van der Waals surface area contributed by atoms with Crippen LogP contribution in [0.5, 0.6) is 0 Å². The van der Waals surface area contributed by atoms with Crippen LogP contribution in [0.25, 0.3) is 0 Å². The first kappa shape index (κ1) is 16.1. The van der Waals surface area contributed by atoms with Crippen molar-refractivity contribution in [3.63, 3.8) is 0 Å². The minimum atomic E-state index is -0.751. The van der Waals surface area contributed by atoms with Gasteiger partial charge in [-0.25, -0.2) is 4.79 Å². The molecule has 0 aromatic heterocycles. The molecule has 0 radical (unpaired) electrons. The fourth-order valence-corrected chi connectivity index (χ4v) is 3.36. The molecule has 2 rings (SSSR count). The van der Waals surface area contributed by atoms with Gasteiger partial charge in [0.05, 0.1) is 0 Å². The third-order valence-electron chi connectivity index (χ3n) is 5.07. The van der Waals surface area contributed by atoms with E-state index in [1.165, 1.54) is 12.8 Å². The standard InChI is InChI=1S/C16H28N2O3/c1-11(9-14(19)20)12-5-4-8-18(10-12)15(21)17-16(2,3)13-6-7-13/h11-13H,4-10H2,1-3H3,(H,17,21)(H,19,20). The van der Waals surface area contributed by atoms with Gasteiger partial charge in [0, 0.05) is 25.0 Å². The number of hydrogen-bond acceptors (Lipinski definition) is 2. The van der Waals surface area contributed by atoms with Crippen LogP contribution < -0.4 is 5.32 Å². The maximum atomic E-state index is 12.4. The molecule has 1 heterocycles. The van der Waals surface area contributed by atoms with Gasteiger partial charge in [-0.3, -0.25) is 4.79 Å². The van der Waals surface area contributed by atoms with E-state index in [4.69, 9.17) is 5.11 Å². The van der Waals surface area contributed by atoms with Gasteiger partial charge in [0.2, 0.25) is 0 Å². The van der Waals surface area contributed by atoms with Crippen molar-refractivity contribution in [2.75, 3.05) is 13.1 Å². The van der Waals surface area contributed by atoms with Crippen molar-refractivity contribution in [1.29, 1.82) is 0 Å². The quantitative estimate of drug-likeness (QED) is 0.819. The topological polar surface area (TPSA) is 69.6 Å². The lowest BCUT2D eigenvalue weighted by Gasteiger charge is -2.37. The lowest BCUT2D eigenvalue weighted by molar-refractivity contribution is -0.138. The molecule has 2 aliphatic rings. The van der Waals surface area contributed by atoms with Crippen LogP contribution in [-0.2, 0) is 4.79 Å². The Kier molecular flexibility index (Phi) is 4.79. The molecule has 120 valence electrons. The van der Waals surface area contributed by atoms with Crippen molar-refractivity contribution < 1.29 is 14.7 Å². The second kappa shape index (κ2) is 6.24. The number of carbonyl (C=O) groups is 2. The number of carboxylic acids is 1. The predicted molar refractivity (Wildman–Crippen MR) is 81.0 cm³/mol. The Labute approximate surface area is 127 Å². The second-order valence-corrected chi connectivity index (χ2v) is 7.35. The van der Waals surface area contributed by atoms with Gasteiger partial charge in [-0.2, -0.15) is 0 Å². The molecule has 0 bridgehead atoms.